The summed E-state index contributed by atoms with van der Waals surface area (Å²) in [5.41, 5.74) is 2.73. The van der Waals surface area contributed by atoms with Gasteiger partial charge in [-0.3, -0.25) is 4.79 Å². The van der Waals surface area contributed by atoms with Crippen molar-refractivity contribution in [2.75, 3.05) is 7.11 Å². The first-order valence-corrected chi connectivity index (χ1v) is 9.48. The van der Waals surface area contributed by atoms with E-state index < -0.39 is 5.97 Å². The summed E-state index contributed by atoms with van der Waals surface area (Å²) >= 11 is 0. The van der Waals surface area contributed by atoms with Crippen LogP contribution >= 0.6 is 0 Å². The molecular formula is C23H24N2O4. The molecule has 0 unspecified atom stereocenters. The fraction of sp³-hybridized carbons (Fsp3) is 0.261. The van der Waals surface area contributed by atoms with Crippen LogP contribution in [0.4, 0.5) is 0 Å². The van der Waals surface area contributed by atoms with Crippen LogP contribution in [0.15, 0.2) is 59.0 Å². The van der Waals surface area contributed by atoms with Crippen LogP contribution in [0.1, 0.15) is 48.1 Å². The molecule has 3 rings (SSSR count). The van der Waals surface area contributed by atoms with Crippen molar-refractivity contribution < 1.29 is 18.7 Å². The monoisotopic (exact) mass is 392 g/mol. The molecule has 0 spiro atoms. The van der Waals surface area contributed by atoms with Crippen LogP contribution in [-0.4, -0.2) is 24.0 Å². The van der Waals surface area contributed by atoms with Crippen LogP contribution in [-0.2, 0) is 9.53 Å². The number of oxazole rings is 1. The molecule has 0 saturated carbocycles. The highest BCUT2D eigenvalue weighted by atomic mass is 16.5. The Morgan fingerprint density at radius 3 is 2.52 bits per heavy atom. The number of aromatic nitrogens is 1. The average Bonchev–Trinajstić information content (AvgIpc) is 3.15. The molecule has 1 atom stereocenters. The second-order valence-electron chi connectivity index (χ2n) is 7.16. The van der Waals surface area contributed by atoms with E-state index in [1.165, 1.54) is 13.2 Å². The lowest BCUT2D eigenvalue weighted by atomic mass is 10.0. The lowest BCUT2D eigenvalue weighted by molar-refractivity contribution is -0.117. The molecule has 0 saturated heterocycles. The summed E-state index contributed by atoms with van der Waals surface area (Å²) in [5.74, 6) is 0.220. The molecule has 1 N–H and O–H groups in total. The Labute approximate surface area is 169 Å². The van der Waals surface area contributed by atoms with Crippen molar-refractivity contribution in [2.45, 2.75) is 26.3 Å². The van der Waals surface area contributed by atoms with Gasteiger partial charge in [-0.1, -0.05) is 38.1 Å². The zero-order valence-corrected chi connectivity index (χ0v) is 16.7. The van der Waals surface area contributed by atoms with Crippen molar-refractivity contribution in [1.82, 2.24) is 10.3 Å². The van der Waals surface area contributed by atoms with Crippen LogP contribution in [0.25, 0.3) is 17.2 Å². The standard InChI is InChI=1S/C23H24N2O4/c1-15(2)14-19(22-25-18-6-4-5-7-20(18)29-22)24-21(26)13-10-16-8-11-17(12-9-16)23(27)28-3/h4-13,15,19H,14H2,1-3H3,(H,24,26)/b13-10+/t19-/m0/s1. The predicted molar refractivity (Wildman–Crippen MR) is 111 cm³/mol. The number of para-hydroxylation sites is 2. The number of hydrogen-bond donors (Lipinski definition) is 1. The van der Waals surface area contributed by atoms with E-state index in [0.29, 0.717) is 29.4 Å². The molecule has 0 radical (unpaired) electrons. The van der Waals surface area contributed by atoms with Crippen molar-refractivity contribution in [1.29, 1.82) is 0 Å². The summed E-state index contributed by atoms with van der Waals surface area (Å²) in [6, 6.07) is 14.0. The second-order valence-corrected chi connectivity index (χ2v) is 7.16. The first-order chi connectivity index (χ1) is 14.0. The van der Waals surface area contributed by atoms with Crippen molar-refractivity contribution in [3.05, 3.63) is 71.6 Å². The third kappa shape index (κ3) is 5.31. The van der Waals surface area contributed by atoms with Crippen molar-refractivity contribution in [2.24, 2.45) is 5.92 Å². The number of benzene rings is 2. The summed E-state index contributed by atoms with van der Waals surface area (Å²) in [4.78, 5) is 28.5. The van der Waals surface area contributed by atoms with Gasteiger partial charge in [0.25, 0.3) is 0 Å². The normalized spacial score (nSPS) is 12.4. The van der Waals surface area contributed by atoms with E-state index in [1.54, 1.807) is 30.3 Å². The van der Waals surface area contributed by atoms with Gasteiger partial charge in [0, 0.05) is 6.08 Å². The summed E-state index contributed by atoms with van der Waals surface area (Å²) in [6.45, 7) is 4.17. The Morgan fingerprint density at radius 1 is 1.14 bits per heavy atom. The van der Waals surface area contributed by atoms with Gasteiger partial charge in [0.05, 0.1) is 12.7 Å². The third-order valence-corrected chi connectivity index (χ3v) is 4.39. The molecule has 3 aromatic rings. The highest BCUT2D eigenvalue weighted by molar-refractivity contribution is 5.92. The second kappa shape index (κ2) is 9.19. The Kier molecular flexibility index (Phi) is 6.44. The maximum absolute atomic E-state index is 12.5. The summed E-state index contributed by atoms with van der Waals surface area (Å²) < 4.78 is 10.5. The highest BCUT2D eigenvalue weighted by Gasteiger charge is 2.21. The zero-order chi connectivity index (χ0) is 20.8. The van der Waals surface area contributed by atoms with Gasteiger partial charge < -0.3 is 14.5 Å². The fourth-order valence-corrected chi connectivity index (χ4v) is 2.97. The highest BCUT2D eigenvalue weighted by Crippen LogP contribution is 2.24. The number of nitrogens with zero attached hydrogens (tertiary/aromatic N) is 1. The van der Waals surface area contributed by atoms with Crippen LogP contribution in [0.2, 0.25) is 0 Å². The van der Waals surface area contributed by atoms with E-state index in [9.17, 15) is 9.59 Å². The summed E-state index contributed by atoms with van der Waals surface area (Å²) in [7, 11) is 1.34. The maximum Gasteiger partial charge on any atom is 0.337 e. The molecule has 1 amide bonds. The Morgan fingerprint density at radius 2 is 1.86 bits per heavy atom. The van der Waals surface area contributed by atoms with Gasteiger partial charge in [0.2, 0.25) is 11.8 Å². The van der Waals surface area contributed by atoms with E-state index in [-0.39, 0.29) is 11.9 Å². The number of carbonyl (C=O) groups excluding carboxylic acids is 2. The topological polar surface area (TPSA) is 81.4 Å². The van der Waals surface area contributed by atoms with Crippen LogP contribution in [0.5, 0.6) is 0 Å². The molecule has 6 nitrogen and oxygen atoms in total. The molecule has 0 aliphatic heterocycles. The van der Waals surface area contributed by atoms with Crippen LogP contribution < -0.4 is 5.32 Å². The van der Waals surface area contributed by atoms with Crippen LogP contribution in [0.3, 0.4) is 0 Å². The molecule has 0 fully saturated rings. The first-order valence-electron chi connectivity index (χ1n) is 9.48. The van der Waals surface area contributed by atoms with Gasteiger partial charge in [-0.25, -0.2) is 9.78 Å². The summed E-state index contributed by atoms with van der Waals surface area (Å²) in [6.07, 6.45) is 3.86. The minimum absolute atomic E-state index is 0.241. The minimum Gasteiger partial charge on any atom is -0.465 e. The Balaban J connectivity index is 1.71. The smallest absolute Gasteiger partial charge is 0.337 e. The molecule has 6 heteroatoms. The van der Waals surface area contributed by atoms with Gasteiger partial charge in [-0.05, 0) is 48.2 Å². The Hall–Kier alpha value is -3.41. The number of esters is 1. The lowest BCUT2D eigenvalue weighted by Crippen LogP contribution is -2.28. The van der Waals surface area contributed by atoms with Gasteiger partial charge in [0.15, 0.2) is 5.58 Å². The van der Waals surface area contributed by atoms with Gasteiger partial charge in [0.1, 0.15) is 11.6 Å². The molecule has 1 aromatic heterocycles. The number of hydrogen-bond acceptors (Lipinski definition) is 5. The molecular weight excluding hydrogens is 368 g/mol. The molecule has 1 heterocycles. The van der Waals surface area contributed by atoms with E-state index in [0.717, 1.165) is 11.1 Å². The van der Waals surface area contributed by atoms with Crippen molar-refractivity contribution >= 4 is 29.1 Å². The lowest BCUT2D eigenvalue weighted by Gasteiger charge is -2.16. The molecule has 0 bridgehead atoms. The Bertz CT molecular complexity index is 986. The van der Waals surface area contributed by atoms with E-state index in [1.807, 2.05) is 24.3 Å². The number of nitrogens with one attached hydrogen (secondary N) is 1. The average molecular weight is 392 g/mol. The van der Waals surface area contributed by atoms with Crippen molar-refractivity contribution in [3.8, 4) is 0 Å². The van der Waals surface area contributed by atoms with Crippen molar-refractivity contribution in [3.63, 3.8) is 0 Å². The zero-order valence-electron chi connectivity index (χ0n) is 16.7. The predicted octanol–water partition coefficient (Wildman–Crippen LogP) is 4.53. The number of ether oxygens (including phenoxy) is 1. The van der Waals surface area contributed by atoms with Gasteiger partial charge >= 0.3 is 5.97 Å². The number of methoxy groups -OCH3 is 1. The molecule has 0 aliphatic rings. The molecule has 2 aromatic carbocycles. The fourth-order valence-electron chi connectivity index (χ4n) is 2.97. The SMILES string of the molecule is COC(=O)c1ccc(/C=C/C(=O)N[C@@H](CC(C)C)c2nc3ccccc3o2)cc1. The molecule has 29 heavy (non-hydrogen) atoms. The maximum atomic E-state index is 12.5. The number of fused-ring (bicyclic) bond motifs is 1. The minimum atomic E-state index is -0.395. The number of rotatable bonds is 7. The molecule has 0 aliphatic carbocycles. The quantitative estimate of drug-likeness (QED) is 0.472. The van der Waals surface area contributed by atoms with E-state index in [2.05, 4.69) is 28.9 Å². The van der Waals surface area contributed by atoms with Crippen LogP contribution in [0, 0.1) is 5.92 Å². The largest absolute Gasteiger partial charge is 0.465 e. The van der Waals surface area contributed by atoms with Gasteiger partial charge in [-0.2, -0.15) is 0 Å². The number of amides is 1. The summed E-state index contributed by atoms with van der Waals surface area (Å²) in [5, 5.41) is 2.98. The first kappa shape index (κ1) is 20.3. The van der Waals surface area contributed by atoms with E-state index in [4.69, 9.17) is 4.42 Å². The molecule has 150 valence electrons. The number of carbonyl (C=O) groups is 2. The van der Waals surface area contributed by atoms with Gasteiger partial charge in [-0.15, -0.1) is 0 Å². The van der Waals surface area contributed by atoms with E-state index >= 15 is 0 Å². The third-order valence-electron chi connectivity index (χ3n) is 4.39.